The molecule has 0 aliphatic carbocycles. The maximum absolute atomic E-state index is 14.1. The molecule has 3 aromatic carbocycles. The summed E-state index contributed by atoms with van der Waals surface area (Å²) in [5.74, 6) is -5.01. The fraction of sp³-hybridized carbons (Fsp3) is 0.357. The van der Waals surface area contributed by atoms with Gasteiger partial charge >= 0.3 is 18.1 Å². The summed E-state index contributed by atoms with van der Waals surface area (Å²) in [6.45, 7) is 5.14. The van der Waals surface area contributed by atoms with Gasteiger partial charge < -0.3 is 52.5 Å². The molecule has 7 amide bonds. The Morgan fingerprint density at radius 2 is 1.37 bits per heavy atom. The van der Waals surface area contributed by atoms with Crippen molar-refractivity contribution in [3.05, 3.63) is 101 Å². The zero-order valence-electron chi connectivity index (χ0n) is 33.5. The quantitative estimate of drug-likeness (QED) is 0.0584. The number of carboxylic acid groups (broad SMARTS) is 1. The number of anilines is 1. The van der Waals surface area contributed by atoms with Gasteiger partial charge in [0.1, 0.15) is 29.8 Å². The first-order valence-corrected chi connectivity index (χ1v) is 19.7. The summed E-state index contributed by atoms with van der Waals surface area (Å²) in [6.07, 6.45) is 0.446. The minimum Gasteiger partial charge on any atom is -0.481 e. The van der Waals surface area contributed by atoms with Crippen molar-refractivity contribution in [2.45, 2.75) is 89.1 Å². The van der Waals surface area contributed by atoms with E-state index in [0.29, 0.717) is 28.3 Å². The number of ether oxygens (including phenoxy) is 1. The van der Waals surface area contributed by atoms with Gasteiger partial charge in [-0.25, -0.2) is 9.59 Å². The van der Waals surface area contributed by atoms with Gasteiger partial charge in [-0.15, -0.1) is 0 Å². The fourth-order valence-corrected chi connectivity index (χ4v) is 6.31. The summed E-state index contributed by atoms with van der Waals surface area (Å²) in [5.41, 5.74) is 7.22. The number of hydrogen-bond donors (Lipinski definition) is 9. The number of amides is 7. The van der Waals surface area contributed by atoms with E-state index in [0.717, 1.165) is 10.9 Å². The Bertz CT molecular complexity index is 2140. The normalized spacial score (nSPS) is 13.1. The van der Waals surface area contributed by atoms with Gasteiger partial charge in [-0.1, -0.05) is 72.3 Å². The maximum Gasteiger partial charge on any atom is 0.408 e. The summed E-state index contributed by atoms with van der Waals surface area (Å²) >= 11 is 6.13. The molecule has 1 heterocycles. The van der Waals surface area contributed by atoms with Crippen molar-refractivity contribution in [3.8, 4) is 0 Å². The number of fused-ring (bicyclic) bond motifs is 1. The van der Waals surface area contributed by atoms with Gasteiger partial charge in [0.25, 0.3) is 0 Å². The highest BCUT2D eigenvalue weighted by Crippen LogP contribution is 2.21. The summed E-state index contributed by atoms with van der Waals surface area (Å²) < 4.78 is 5.44. The number of primary amides is 1. The molecule has 0 saturated carbocycles. The van der Waals surface area contributed by atoms with E-state index in [-0.39, 0.29) is 32.2 Å². The minimum absolute atomic E-state index is 0.00124. The van der Waals surface area contributed by atoms with Gasteiger partial charge in [-0.3, -0.25) is 24.0 Å². The lowest BCUT2D eigenvalue weighted by atomic mass is 10.0. The van der Waals surface area contributed by atoms with Crippen LogP contribution in [-0.2, 0) is 41.6 Å². The van der Waals surface area contributed by atoms with Crippen LogP contribution in [0.3, 0.4) is 0 Å². The van der Waals surface area contributed by atoms with E-state index in [4.69, 9.17) is 22.1 Å². The third-order valence-electron chi connectivity index (χ3n) is 9.02. The van der Waals surface area contributed by atoms with Crippen LogP contribution in [-0.4, -0.2) is 88.1 Å². The molecule has 1 aromatic heterocycles. The van der Waals surface area contributed by atoms with Gasteiger partial charge in [0, 0.05) is 36.5 Å². The second kappa shape index (κ2) is 21.9. The van der Waals surface area contributed by atoms with Gasteiger partial charge in [0.15, 0.2) is 0 Å². The fourth-order valence-electron chi connectivity index (χ4n) is 6.13. The molecule has 4 atom stereocenters. The molecule has 18 heteroatoms. The number of urea groups is 1. The molecule has 0 bridgehead atoms. The zero-order valence-corrected chi connectivity index (χ0v) is 34.3. The summed E-state index contributed by atoms with van der Waals surface area (Å²) in [5, 5.41) is 26.3. The Balaban J connectivity index is 1.54. The predicted molar refractivity (Wildman–Crippen MR) is 225 cm³/mol. The molecule has 0 spiro atoms. The Hall–Kier alpha value is -6.62. The molecule has 4 aromatic rings. The lowest BCUT2D eigenvalue weighted by Crippen LogP contribution is -2.59. The summed E-state index contributed by atoms with van der Waals surface area (Å²) in [6, 6.07) is 16.6. The molecule has 4 rings (SSSR count). The van der Waals surface area contributed by atoms with E-state index in [2.05, 4.69) is 36.9 Å². The first-order chi connectivity index (χ1) is 28.5. The number of carbonyl (C=O) groups excluding carboxylic acids is 6. The van der Waals surface area contributed by atoms with Crippen LogP contribution >= 0.6 is 11.6 Å². The van der Waals surface area contributed by atoms with Crippen LogP contribution in [0.15, 0.2) is 85.1 Å². The number of aromatic amines is 1. The number of halogens is 1. The van der Waals surface area contributed by atoms with Crippen LogP contribution in [0.2, 0.25) is 5.02 Å². The Labute approximate surface area is 351 Å². The minimum atomic E-state index is -1.69. The molecule has 0 aliphatic heterocycles. The number of nitrogens with one attached hydrogen (secondary N) is 7. The molecule has 17 nitrogen and oxygen atoms in total. The number of H-pyrrole nitrogens is 1. The third kappa shape index (κ3) is 15.0. The zero-order chi connectivity index (χ0) is 43.8. The van der Waals surface area contributed by atoms with E-state index < -0.39 is 77.9 Å². The van der Waals surface area contributed by atoms with Crippen LogP contribution in [0.25, 0.3) is 10.9 Å². The number of benzene rings is 3. The number of aliphatic carboxylic acids is 1. The van der Waals surface area contributed by atoms with Crippen molar-refractivity contribution >= 4 is 69.9 Å². The highest BCUT2D eigenvalue weighted by atomic mass is 35.5. The monoisotopic (exact) mass is 846 g/mol. The van der Waals surface area contributed by atoms with Crippen molar-refractivity contribution in [3.63, 3.8) is 0 Å². The first kappa shape index (κ1) is 46.1. The molecule has 10 N–H and O–H groups in total. The average Bonchev–Trinajstić information content (AvgIpc) is 3.59. The smallest absolute Gasteiger partial charge is 0.408 e. The molecule has 0 aliphatic rings. The lowest BCUT2D eigenvalue weighted by Gasteiger charge is -2.27. The second-order valence-electron chi connectivity index (χ2n) is 15.0. The summed E-state index contributed by atoms with van der Waals surface area (Å²) in [4.78, 5) is 94.6. The number of aromatic nitrogens is 1. The lowest BCUT2D eigenvalue weighted by molar-refractivity contribution is -0.141. The van der Waals surface area contributed by atoms with E-state index in [1.54, 1.807) is 81.6 Å². The van der Waals surface area contributed by atoms with Crippen molar-refractivity contribution in [2.75, 3.05) is 11.9 Å². The number of para-hydroxylation sites is 2. The number of nitrogens with two attached hydrogens (primary N) is 1. The van der Waals surface area contributed by atoms with Crippen molar-refractivity contribution in [1.29, 1.82) is 0 Å². The maximum atomic E-state index is 14.1. The van der Waals surface area contributed by atoms with Crippen LogP contribution in [0.1, 0.15) is 57.6 Å². The van der Waals surface area contributed by atoms with E-state index in [1.165, 1.54) is 0 Å². The van der Waals surface area contributed by atoms with Gasteiger partial charge in [-0.2, -0.15) is 0 Å². The van der Waals surface area contributed by atoms with Crippen LogP contribution in [0.5, 0.6) is 0 Å². The molecular weight excluding hydrogens is 796 g/mol. The van der Waals surface area contributed by atoms with Crippen LogP contribution < -0.4 is 37.6 Å². The van der Waals surface area contributed by atoms with Crippen LogP contribution in [0.4, 0.5) is 15.3 Å². The largest absolute Gasteiger partial charge is 0.481 e. The molecular formula is C42H51ClN8O9. The van der Waals surface area contributed by atoms with Gasteiger partial charge in [0.2, 0.25) is 23.6 Å². The highest BCUT2D eigenvalue weighted by molar-refractivity contribution is 6.33. The SMILES string of the molecule is CC(C)(C)OC(=O)NC(Cc1c[nH]c2ccccc12)C(=O)NC(CCCCNC(=O)Nc1ccccc1Cl)C(=O)NC(CC(=O)O)C(=O)NC(Cc1ccccc1)C(N)=O. The molecule has 4 unspecified atom stereocenters. The van der Waals surface area contributed by atoms with Gasteiger partial charge in [-0.05, 0) is 69.4 Å². The number of rotatable bonds is 20. The number of carbonyl (C=O) groups is 7. The molecule has 0 fully saturated rings. The number of alkyl carbamates (subject to hydrolysis) is 1. The highest BCUT2D eigenvalue weighted by Gasteiger charge is 2.33. The number of unbranched alkanes of at least 4 members (excludes halogenated alkanes) is 1. The van der Waals surface area contributed by atoms with E-state index >= 15 is 0 Å². The van der Waals surface area contributed by atoms with Crippen LogP contribution in [0, 0.1) is 0 Å². The summed E-state index contributed by atoms with van der Waals surface area (Å²) in [7, 11) is 0. The standard InChI is InChI=1S/C42H51ClN8O9/c1-42(2,3)60-41(59)51-33(22-26-24-46-29-17-9-7-15-27(26)29)38(56)47-31(19-11-12-20-45-40(58)50-30-18-10-8-16-28(30)43)37(55)49-34(23-35(52)53)39(57)48-32(36(44)54)21-25-13-5-4-6-14-25/h4-10,13-18,24,31-34,46H,11-12,19-23H2,1-3H3,(H2,44,54)(H,47,56)(H,48,57)(H,49,55)(H,51,59)(H,52,53)(H2,45,50,58). The average molecular weight is 847 g/mol. The third-order valence-corrected chi connectivity index (χ3v) is 9.35. The molecule has 60 heavy (non-hydrogen) atoms. The Kier molecular flexibility index (Phi) is 16.9. The number of carboxylic acids is 1. The van der Waals surface area contributed by atoms with E-state index in [1.807, 2.05) is 24.3 Å². The number of hydrogen-bond acceptors (Lipinski definition) is 8. The molecule has 0 saturated heterocycles. The van der Waals surface area contributed by atoms with Gasteiger partial charge in [0.05, 0.1) is 17.1 Å². The second-order valence-corrected chi connectivity index (χ2v) is 15.4. The van der Waals surface area contributed by atoms with Crippen molar-refractivity contribution < 1.29 is 43.4 Å². The van der Waals surface area contributed by atoms with Crippen molar-refractivity contribution in [2.24, 2.45) is 5.73 Å². The van der Waals surface area contributed by atoms with E-state index in [9.17, 15) is 38.7 Å². The van der Waals surface area contributed by atoms with Crippen molar-refractivity contribution in [1.82, 2.24) is 31.6 Å². The molecule has 320 valence electrons. The Morgan fingerprint density at radius 3 is 2.05 bits per heavy atom. The Morgan fingerprint density at radius 1 is 0.750 bits per heavy atom. The predicted octanol–water partition coefficient (Wildman–Crippen LogP) is 3.91. The first-order valence-electron chi connectivity index (χ1n) is 19.3. The molecule has 0 radical (unpaired) electrons. The topological polar surface area (TPSA) is 263 Å².